The number of benzene rings is 1. The lowest BCUT2D eigenvalue weighted by molar-refractivity contribution is -0.120. The summed E-state index contributed by atoms with van der Waals surface area (Å²) in [5.74, 6) is -1.02. The molecule has 214 valence electrons. The van der Waals surface area contributed by atoms with Crippen LogP contribution in [0.1, 0.15) is 39.0 Å². The number of hydrogen-bond donors (Lipinski definition) is 3. The Labute approximate surface area is 232 Å². The molecule has 0 aliphatic carbocycles. The summed E-state index contributed by atoms with van der Waals surface area (Å²) in [6.45, 7) is 3.71. The molecule has 12 nitrogen and oxygen atoms in total. The fourth-order valence-electron chi connectivity index (χ4n) is 3.79. The first-order chi connectivity index (χ1) is 18.3. The van der Waals surface area contributed by atoms with Gasteiger partial charge in [0.2, 0.25) is 4.58 Å². The standard InChI is InChI=1S/C24H30BrFN3O9P/c1-14(16(3)31)13-39(35,38-18-7-5-4-6-17(18)9-8-15(2)30)36-12-19-21(32)24(25,26)22(37-19)29-11-10-20(28-34)27-23(29)33/h4-7,10-11,14,19,21-22,32,34H,8-9,12-13H2,1-3H3,(H,27,28,33)/t14-,19-,21?,22-,24-,39?/m1/s1. The molecule has 2 aromatic rings. The Morgan fingerprint density at radius 2 is 2.03 bits per heavy atom. The van der Waals surface area contributed by atoms with Crippen LogP contribution in [0.5, 0.6) is 5.75 Å². The molecule has 1 aliphatic heterocycles. The summed E-state index contributed by atoms with van der Waals surface area (Å²) < 4.78 is 44.5. The Hall–Kier alpha value is -2.48. The van der Waals surface area contributed by atoms with Crippen molar-refractivity contribution >= 4 is 40.9 Å². The molecule has 1 aliphatic rings. The van der Waals surface area contributed by atoms with E-state index in [2.05, 4.69) is 20.9 Å². The van der Waals surface area contributed by atoms with Gasteiger partial charge in [0, 0.05) is 18.5 Å². The molecule has 0 amide bonds. The lowest BCUT2D eigenvalue weighted by Crippen LogP contribution is -2.40. The van der Waals surface area contributed by atoms with Crippen LogP contribution in [0.15, 0.2) is 41.3 Å². The molecule has 0 spiro atoms. The van der Waals surface area contributed by atoms with Crippen LogP contribution in [0.25, 0.3) is 0 Å². The fraction of sp³-hybridized carbons (Fsp3) is 0.500. The van der Waals surface area contributed by atoms with Crippen molar-refractivity contribution in [2.75, 3.05) is 18.2 Å². The van der Waals surface area contributed by atoms with Crippen LogP contribution in [0.2, 0.25) is 0 Å². The van der Waals surface area contributed by atoms with Crippen LogP contribution >= 0.6 is 23.5 Å². The maximum atomic E-state index is 15.5. The summed E-state index contributed by atoms with van der Waals surface area (Å²) >= 11 is 2.77. The smallest absolute Gasteiger partial charge is 0.380 e. The molecule has 0 radical (unpaired) electrons. The van der Waals surface area contributed by atoms with Gasteiger partial charge in [0.15, 0.2) is 12.0 Å². The van der Waals surface area contributed by atoms with Gasteiger partial charge in [-0.2, -0.15) is 4.98 Å². The molecule has 0 saturated carbocycles. The lowest BCUT2D eigenvalue weighted by Gasteiger charge is -2.25. The van der Waals surface area contributed by atoms with Crippen LogP contribution < -0.4 is 15.7 Å². The van der Waals surface area contributed by atoms with E-state index < -0.39 is 48.8 Å². The minimum atomic E-state index is -4.11. The number of aliphatic hydroxyl groups is 1. The summed E-state index contributed by atoms with van der Waals surface area (Å²) in [6, 6.07) is 7.81. The number of hydrogen-bond acceptors (Lipinski definition) is 11. The van der Waals surface area contributed by atoms with E-state index in [0.29, 0.717) is 12.0 Å². The number of aryl methyl sites for hydroxylation is 1. The fourth-order valence-corrected chi connectivity index (χ4v) is 6.42. The van der Waals surface area contributed by atoms with Crippen molar-refractivity contribution < 1.29 is 42.6 Å². The first kappa shape index (κ1) is 31.1. The van der Waals surface area contributed by atoms with E-state index in [1.807, 2.05) is 0 Å². The van der Waals surface area contributed by atoms with Gasteiger partial charge in [0.05, 0.1) is 12.8 Å². The molecule has 15 heteroatoms. The zero-order valence-corrected chi connectivity index (χ0v) is 23.9. The highest BCUT2D eigenvalue weighted by Gasteiger charge is 2.57. The number of ether oxygens (including phenoxy) is 1. The molecular weight excluding hydrogens is 604 g/mol. The Kier molecular flexibility index (Phi) is 10.2. The van der Waals surface area contributed by atoms with E-state index in [1.165, 1.54) is 19.9 Å². The third kappa shape index (κ3) is 7.59. The second-order valence-electron chi connectivity index (χ2n) is 9.26. The van der Waals surface area contributed by atoms with Crippen molar-refractivity contribution in [3.05, 3.63) is 52.6 Å². The van der Waals surface area contributed by atoms with E-state index in [-0.39, 0.29) is 35.7 Å². The molecule has 1 saturated heterocycles. The number of carbonyl (C=O) groups excluding carboxylic acids is 2. The van der Waals surface area contributed by atoms with E-state index in [9.17, 15) is 24.1 Å². The quantitative estimate of drug-likeness (QED) is 0.168. The molecule has 3 rings (SSSR count). The van der Waals surface area contributed by atoms with Crippen molar-refractivity contribution in [3.8, 4) is 5.75 Å². The number of alkyl halides is 2. The number of rotatable bonds is 13. The van der Waals surface area contributed by atoms with Gasteiger partial charge in [-0.1, -0.05) is 25.1 Å². The molecular formula is C24H30BrFN3O9P. The topological polar surface area (TPSA) is 166 Å². The number of halogens is 2. The second-order valence-corrected chi connectivity index (χ2v) is 12.5. The highest BCUT2D eigenvalue weighted by molar-refractivity contribution is 9.10. The summed E-state index contributed by atoms with van der Waals surface area (Å²) in [5.41, 5.74) is 1.31. The van der Waals surface area contributed by atoms with Gasteiger partial charge in [0.25, 0.3) is 0 Å². The number of nitrogens with one attached hydrogen (secondary N) is 1. The third-order valence-corrected chi connectivity index (χ3v) is 9.03. The Morgan fingerprint density at radius 3 is 2.64 bits per heavy atom. The Bertz CT molecular complexity index is 1310. The van der Waals surface area contributed by atoms with E-state index in [1.54, 1.807) is 36.7 Å². The van der Waals surface area contributed by atoms with Crippen molar-refractivity contribution in [3.63, 3.8) is 0 Å². The molecule has 3 N–H and O–H groups in total. The van der Waals surface area contributed by atoms with Crippen molar-refractivity contribution in [1.29, 1.82) is 0 Å². The molecule has 1 aromatic heterocycles. The van der Waals surface area contributed by atoms with Crippen LogP contribution in [0, 0.1) is 5.92 Å². The van der Waals surface area contributed by atoms with Gasteiger partial charge in [-0.25, -0.2) is 13.8 Å². The number of aromatic nitrogens is 2. The monoisotopic (exact) mass is 633 g/mol. The number of anilines is 1. The lowest BCUT2D eigenvalue weighted by atomic mass is 10.1. The number of para-hydroxylation sites is 1. The first-order valence-electron chi connectivity index (χ1n) is 12.0. The molecule has 1 aromatic carbocycles. The normalized spacial score (nSPS) is 25.1. The van der Waals surface area contributed by atoms with Gasteiger partial charge < -0.3 is 19.2 Å². The number of ketones is 2. The average molecular weight is 634 g/mol. The highest BCUT2D eigenvalue weighted by atomic mass is 79.9. The maximum absolute atomic E-state index is 15.5. The molecule has 0 bridgehead atoms. The molecule has 2 unspecified atom stereocenters. The molecule has 6 atom stereocenters. The van der Waals surface area contributed by atoms with E-state index >= 15 is 4.39 Å². The van der Waals surface area contributed by atoms with Gasteiger partial charge in [0.1, 0.15) is 29.5 Å². The summed E-state index contributed by atoms with van der Waals surface area (Å²) in [5, 5.41) is 19.6. The van der Waals surface area contributed by atoms with Gasteiger partial charge >= 0.3 is 13.3 Å². The summed E-state index contributed by atoms with van der Waals surface area (Å²) in [4.78, 5) is 39.3. The first-order valence-corrected chi connectivity index (χ1v) is 14.5. The number of carbonyl (C=O) groups is 2. The van der Waals surface area contributed by atoms with Crippen molar-refractivity contribution in [1.82, 2.24) is 9.55 Å². The van der Waals surface area contributed by atoms with Gasteiger partial charge in [-0.15, -0.1) is 0 Å². The van der Waals surface area contributed by atoms with Crippen LogP contribution in [-0.2, 0) is 29.8 Å². The maximum Gasteiger partial charge on any atom is 0.380 e. The second kappa shape index (κ2) is 12.8. The van der Waals surface area contributed by atoms with Gasteiger partial charge in [-0.3, -0.25) is 24.6 Å². The zero-order valence-electron chi connectivity index (χ0n) is 21.5. The molecule has 39 heavy (non-hydrogen) atoms. The van der Waals surface area contributed by atoms with E-state index in [0.717, 1.165) is 10.8 Å². The van der Waals surface area contributed by atoms with Crippen molar-refractivity contribution in [2.45, 2.75) is 56.6 Å². The summed E-state index contributed by atoms with van der Waals surface area (Å²) in [7, 11) is -4.11. The average Bonchev–Trinajstić information content (AvgIpc) is 3.10. The van der Waals surface area contributed by atoms with Crippen LogP contribution in [-0.4, -0.2) is 61.0 Å². The SMILES string of the molecule is CC(=O)CCc1ccccc1OP(=O)(C[C@@H](C)C(C)=O)OC[C@H]1O[C@@H](n2ccc(NO)nc2=O)[C@@](F)(Br)C1O. The largest absolute Gasteiger partial charge is 0.424 e. The number of nitrogens with zero attached hydrogens (tertiary/aromatic N) is 2. The summed E-state index contributed by atoms with van der Waals surface area (Å²) in [6.07, 6.45) is -3.66. The predicted molar refractivity (Wildman–Crippen MR) is 141 cm³/mol. The van der Waals surface area contributed by atoms with Crippen molar-refractivity contribution in [2.24, 2.45) is 5.92 Å². The van der Waals surface area contributed by atoms with Gasteiger partial charge in [-0.05, 0) is 53.9 Å². The minimum absolute atomic E-state index is 0.0441. The van der Waals surface area contributed by atoms with Crippen LogP contribution in [0.3, 0.4) is 0 Å². The minimum Gasteiger partial charge on any atom is -0.424 e. The number of aliphatic hydroxyl groups excluding tert-OH is 1. The molecule has 2 heterocycles. The van der Waals surface area contributed by atoms with E-state index in [4.69, 9.17) is 19.0 Å². The highest BCUT2D eigenvalue weighted by Crippen LogP contribution is 2.52. The number of Topliss-reactive ketones (excluding diaryl/α,β-unsaturated/α-hetero) is 2. The Morgan fingerprint density at radius 1 is 1.33 bits per heavy atom. The molecule has 1 fully saturated rings. The van der Waals surface area contributed by atoms with Crippen LogP contribution in [0.4, 0.5) is 10.2 Å². The zero-order chi connectivity index (χ0) is 29.0. The third-order valence-electron chi connectivity index (χ3n) is 6.16. The Balaban J connectivity index is 1.84. The predicted octanol–water partition coefficient (Wildman–Crippen LogP) is 3.40.